The van der Waals surface area contributed by atoms with E-state index in [4.69, 9.17) is 11.6 Å². The van der Waals surface area contributed by atoms with Crippen molar-refractivity contribution >= 4 is 11.6 Å². The van der Waals surface area contributed by atoms with Gasteiger partial charge in [0.2, 0.25) is 0 Å². The van der Waals surface area contributed by atoms with Crippen LogP contribution >= 0.6 is 11.6 Å². The summed E-state index contributed by atoms with van der Waals surface area (Å²) in [7, 11) is 0. The minimum atomic E-state index is -0.331. The molecule has 0 amide bonds. The molecule has 2 heterocycles. The highest BCUT2D eigenvalue weighted by atomic mass is 35.5. The molecule has 6 heteroatoms. The molecule has 162 valence electrons. The molecule has 4 rings (SSSR count). The van der Waals surface area contributed by atoms with Crippen LogP contribution in [0.5, 0.6) is 5.75 Å². The van der Waals surface area contributed by atoms with Crippen LogP contribution in [-0.4, -0.2) is 82.9 Å². The normalized spacial score (nSPS) is 24.2. The number of phenols is 1. The van der Waals surface area contributed by atoms with Crippen LogP contribution in [0.25, 0.3) is 0 Å². The number of benzene rings is 2. The SMILES string of the molecule is Oc1ccc(CN2CC[C@@H](N3CCN(CCc4ccccc4)CC3)[C@H](O)C2)cc1Cl. The Hall–Kier alpha value is -1.63. The van der Waals surface area contributed by atoms with Gasteiger partial charge < -0.3 is 15.1 Å². The number of likely N-dealkylation sites (tertiary alicyclic amines) is 1. The number of β-amino-alcohol motifs (C(OH)–C–C–N with tert-alkyl or cyclic N) is 1. The van der Waals surface area contributed by atoms with Crippen molar-refractivity contribution in [2.45, 2.75) is 31.5 Å². The molecule has 0 unspecified atom stereocenters. The predicted octanol–water partition coefficient (Wildman–Crippen LogP) is 2.84. The fourth-order valence-electron chi connectivity index (χ4n) is 4.71. The topological polar surface area (TPSA) is 50.2 Å². The van der Waals surface area contributed by atoms with Crippen molar-refractivity contribution in [1.29, 1.82) is 0 Å². The Morgan fingerprint density at radius 1 is 0.900 bits per heavy atom. The molecule has 2 N–H and O–H groups in total. The predicted molar refractivity (Wildman–Crippen MR) is 121 cm³/mol. The minimum absolute atomic E-state index is 0.113. The number of rotatable bonds is 6. The lowest BCUT2D eigenvalue weighted by Gasteiger charge is -2.45. The smallest absolute Gasteiger partial charge is 0.134 e. The lowest BCUT2D eigenvalue weighted by atomic mass is 9.98. The molecular formula is C24H32ClN3O2. The van der Waals surface area contributed by atoms with Gasteiger partial charge in [-0.15, -0.1) is 0 Å². The van der Waals surface area contributed by atoms with Gasteiger partial charge in [0, 0.05) is 58.4 Å². The molecule has 2 aromatic rings. The van der Waals surface area contributed by atoms with Crippen molar-refractivity contribution in [1.82, 2.24) is 14.7 Å². The van der Waals surface area contributed by atoms with E-state index in [-0.39, 0.29) is 17.9 Å². The number of hydrogen-bond donors (Lipinski definition) is 2. The number of aliphatic hydroxyl groups excluding tert-OH is 1. The van der Waals surface area contributed by atoms with Gasteiger partial charge in [0.15, 0.2) is 0 Å². The summed E-state index contributed by atoms with van der Waals surface area (Å²) in [5.74, 6) is 0.113. The first-order valence-corrected chi connectivity index (χ1v) is 11.3. The molecule has 2 aromatic carbocycles. The number of nitrogens with zero attached hydrogens (tertiary/aromatic N) is 3. The molecule has 0 aromatic heterocycles. The Kier molecular flexibility index (Phi) is 7.28. The quantitative estimate of drug-likeness (QED) is 0.739. The second-order valence-electron chi connectivity index (χ2n) is 8.56. The third-order valence-corrected chi connectivity index (χ3v) is 6.79. The molecule has 0 bridgehead atoms. The molecule has 0 aliphatic carbocycles. The van der Waals surface area contributed by atoms with E-state index >= 15 is 0 Å². The summed E-state index contributed by atoms with van der Waals surface area (Å²) in [6, 6.07) is 16.3. The summed E-state index contributed by atoms with van der Waals surface area (Å²) in [5, 5.41) is 20.8. The summed E-state index contributed by atoms with van der Waals surface area (Å²) in [6.07, 6.45) is 1.75. The van der Waals surface area contributed by atoms with Gasteiger partial charge in [-0.2, -0.15) is 0 Å². The minimum Gasteiger partial charge on any atom is -0.506 e. The number of aliphatic hydroxyl groups is 1. The zero-order valence-corrected chi connectivity index (χ0v) is 18.2. The number of phenolic OH excluding ortho intramolecular Hbond substituents is 1. The van der Waals surface area contributed by atoms with Crippen LogP contribution < -0.4 is 0 Å². The number of hydrogen-bond acceptors (Lipinski definition) is 5. The van der Waals surface area contributed by atoms with E-state index in [1.54, 1.807) is 6.07 Å². The van der Waals surface area contributed by atoms with Gasteiger partial charge in [0.25, 0.3) is 0 Å². The fraction of sp³-hybridized carbons (Fsp3) is 0.500. The molecule has 2 atom stereocenters. The molecule has 0 saturated carbocycles. The zero-order chi connectivity index (χ0) is 20.9. The average Bonchev–Trinajstić information content (AvgIpc) is 2.76. The van der Waals surface area contributed by atoms with E-state index in [9.17, 15) is 10.2 Å². The Morgan fingerprint density at radius 3 is 2.37 bits per heavy atom. The van der Waals surface area contributed by atoms with Crippen LogP contribution in [0.1, 0.15) is 17.5 Å². The average molecular weight is 430 g/mol. The number of aromatic hydroxyl groups is 1. The lowest BCUT2D eigenvalue weighted by Crippen LogP contribution is -2.58. The lowest BCUT2D eigenvalue weighted by molar-refractivity contribution is -0.0307. The maximum absolute atomic E-state index is 10.8. The largest absolute Gasteiger partial charge is 0.506 e. The molecular weight excluding hydrogens is 398 g/mol. The van der Waals surface area contributed by atoms with Crippen molar-refractivity contribution in [3.63, 3.8) is 0 Å². The summed E-state index contributed by atoms with van der Waals surface area (Å²) in [5.41, 5.74) is 2.47. The standard InChI is InChI=1S/C24H32ClN3O2/c25-21-16-20(6-7-23(21)29)17-27-11-9-22(24(30)18-27)28-14-12-26(13-15-28)10-8-19-4-2-1-3-5-19/h1-7,16,22,24,29-30H,8-15,17-18H2/t22-,24-/m1/s1. The van der Waals surface area contributed by atoms with Crippen molar-refractivity contribution in [3.8, 4) is 5.75 Å². The van der Waals surface area contributed by atoms with Gasteiger partial charge in [-0.1, -0.05) is 48.0 Å². The summed E-state index contributed by atoms with van der Waals surface area (Å²) in [4.78, 5) is 7.30. The number of piperazine rings is 1. The van der Waals surface area contributed by atoms with E-state index in [1.165, 1.54) is 5.56 Å². The first-order chi connectivity index (χ1) is 14.6. The molecule has 2 fully saturated rings. The molecule has 2 aliphatic heterocycles. The van der Waals surface area contributed by atoms with Gasteiger partial charge >= 0.3 is 0 Å². The van der Waals surface area contributed by atoms with E-state index in [1.807, 2.05) is 12.1 Å². The Bertz CT molecular complexity index is 811. The second kappa shape index (κ2) is 10.1. The molecule has 5 nitrogen and oxygen atoms in total. The first kappa shape index (κ1) is 21.6. The van der Waals surface area contributed by atoms with Gasteiger partial charge in [-0.3, -0.25) is 9.80 Å². The monoisotopic (exact) mass is 429 g/mol. The first-order valence-electron chi connectivity index (χ1n) is 11.0. The van der Waals surface area contributed by atoms with Crippen LogP contribution in [-0.2, 0) is 13.0 Å². The maximum Gasteiger partial charge on any atom is 0.134 e. The molecule has 0 spiro atoms. The van der Waals surface area contributed by atoms with Gasteiger partial charge in [0.05, 0.1) is 11.1 Å². The van der Waals surface area contributed by atoms with Crippen molar-refractivity contribution in [3.05, 3.63) is 64.7 Å². The number of piperidine rings is 1. The van der Waals surface area contributed by atoms with Gasteiger partial charge in [-0.25, -0.2) is 0 Å². The fourth-order valence-corrected chi connectivity index (χ4v) is 4.91. The van der Waals surface area contributed by atoms with Crippen LogP contribution in [0.4, 0.5) is 0 Å². The Balaban J connectivity index is 1.22. The van der Waals surface area contributed by atoms with Crippen molar-refractivity contribution in [2.75, 3.05) is 45.8 Å². The van der Waals surface area contributed by atoms with E-state index in [2.05, 4.69) is 45.0 Å². The van der Waals surface area contributed by atoms with Crippen LogP contribution in [0.2, 0.25) is 5.02 Å². The highest BCUT2D eigenvalue weighted by Gasteiger charge is 2.33. The number of halogens is 1. The Morgan fingerprint density at radius 2 is 1.67 bits per heavy atom. The maximum atomic E-state index is 10.8. The molecule has 30 heavy (non-hydrogen) atoms. The van der Waals surface area contributed by atoms with E-state index in [0.717, 1.165) is 64.2 Å². The third-order valence-electron chi connectivity index (χ3n) is 6.48. The molecule has 2 aliphatic rings. The van der Waals surface area contributed by atoms with Gasteiger partial charge in [-0.05, 0) is 36.1 Å². The highest BCUT2D eigenvalue weighted by Crippen LogP contribution is 2.26. The summed E-state index contributed by atoms with van der Waals surface area (Å²) < 4.78 is 0. The molecule has 0 radical (unpaired) electrons. The second-order valence-corrected chi connectivity index (χ2v) is 8.96. The van der Waals surface area contributed by atoms with E-state index in [0.29, 0.717) is 11.6 Å². The summed E-state index contributed by atoms with van der Waals surface area (Å²) >= 11 is 6.03. The highest BCUT2D eigenvalue weighted by molar-refractivity contribution is 6.32. The van der Waals surface area contributed by atoms with E-state index < -0.39 is 0 Å². The molecule has 2 saturated heterocycles. The van der Waals surface area contributed by atoms with Crippen LogP contribution in [0, 0.1) is 0 Å². The van der Waals surface area contributed by atoms with Gasteiger partial charge in [0.1, 0.15) is 5.75 Å². The summed E-state index contributed by atoms with van der Waals surface area (Å²) in [6.45, 7) is 7.71. The van der Waals surface area contributed by atoms with Crippen molar-refractivity contribution < 1.29 is 10.2 Å². The van der Waals surface area contributed by atoms with Crippen LogP contribution in [0.3, 0.4) is 0 Å². The van der Waals surface area contributed by atoms with Crippen molar-refractivity contribution in [2.24, 2.45) is 0 Å². The van der Waals surface area contributed by atoms with Crippen LogP contribution in [0.15, 0.2) is 48.5 Å². The third kappa shape index (κ3) is 5.54. The zero-order valence-electron chi connectivity index (χ0n) is 17.5. The Labute approximate surface area is 184 Å².